The number of fused-ring (bicyclic) bond motifs is 2. The topological polar surface area (TPSA) is 101 Å². The highest BCUT2D eigenvalue weighted by Gasteiger charge is 2.33. The number of ketones is 1. The first-order valence-corrected chi connectivity index (χ1v) is 13.0. The van der Waals surface area contributed by atoms with E-state index in [2.05, 4.69) is 5.32 Å². The molecule has 0 fully saturated rings. The fourth-order valence-electron chi connectivity index (χ4n) is 4.92. The van der Waals surface area contributed by atoms with E-state index in [1.54, 1.807) is 54.6 Å². The van der Waals surface area contributed by atoms with Crippen molar-refractivity contribution < 1.29 is 19.4 Å². The average molecular weight is 530 g/mol. The summed E-state index contributed by atoms with van der Waals surface area (Å²) in [6.07, 6.45) is 0. The molecule has 0 spiro atoms. The van der Waals surface area contributed by atoms with Crippen LogP contribution in [0.25, 0.3) is 33.5 Å². The summed E-state index contributed by atoms with van der Waals surface area (Å²) < 4.78 is 6.37. The van der Waals surface area contributed by atoms with Crippen LogP contribution in [0.3, 0.4) is 0 Å². The van der Waals surface area contributed by atoms with E-state index in [-0.39, 0.29) is 17.4 Å². The van der Waals surface area contributed by atoms with Gasteiger partial charge in [0.2, 0.25) is 0 Å². The minimum atomic E-state index is -0.612. The molecule has 6 rings (SSSR count). The smallest absolute Gasteiger partial charge is 0.255 e. The number of phenols is 1. The summed E-state index contributed by atoms with van der Waals surface area (Å²) in [6.45, 7) is 7.69. The molecule has 0 unspecified atom stereocenters. The number of amides is 1. The number of carbonyl (C=O) groups excluding carboxylic acids is 2. The molecule has 1 aromatic heterocycles. The SMILES string of the molecule is Cc1ccc(C(=O)Nc2cc(OC(C)(C)C)c3nc(-c4ccccc4O)nc4c3c2C(=O)c2ccccc2-4)cc1. The zero-order valence-electron chi connectivity index (χ0n) is 22.6. The highest BCUT2D eigenvalue weighted by molar-refractivity contribution is 6.29. The lowest BCUT2D eigenvalue weighted by molar-refractivity contribution is 0.102. The second kappa shape index (κ2) is 9.31. The van der Waals surface area contributed by atoms with Crippen LogP contribution < -0.4 is 10.1 Å². The number of hydrogen-bond acceptors (Lipinski definition) is 6. The van der Waals surface area contributed by atoms with Gasteiger partial charge in [0.1, 0.15) is 22.6 Å². The van der Waals surface area contributed by atoms with Crippen molar-refractivity contribution in [2.75, 3.05) is 5.32 Å². The molecule has 0 aliphatic heterocycles. The predicted octanol–water partition coefficient (Wildman–Crippen LogP) is 6.95. The number of carbonyl (C=O) groups is 2. The Bertz CT molecular complexity index is 1840. The Morgan fingerprint density at radius 1 is 0.875 bits per heavy atom. The zero-order chi connectivity index (χ0) is 28.2. The van der Waals surface area contributed by atoms with E-state index in [0.717, 1.165) is 5.56 Å². The molecule has 1 amide bonds. The second-order valence-electron chi connectivity index (χ2n) is 10.8. The molecule has 4 aromatic carbocycles. The van der Waals surface area contributed by atoms with E-state index in [1.165, 1.54) is 0 Å². The molecule has 5 aromatic rings. The highest BCUT2D eigenvalue weighted by Crippen LogP contribution is 2.46. The Kier molecular flexibility index (Phi) is 5.88. The van der Waals surface area contributed by atoms with Gasteiger partial charge in [0.05, 0.1) is 22.5 Å². The van der Waals surface area contributed by atoms with Gasteiger partial charge in [0, 0.05) is 28.1 Å². The summed E-state index contributed by atoms with van der Waals surface area (Å²) in [5.41, 5.74) is 4.02. The maximum absolute atomic E-state index is 14.0. The highest BCUT2D eigenvalue weighted by atomic mass is 16.5. The van der Waals surface area contributed by atoms with Crippen molar-refractivity contribution in [2.24, 2.45) is 0 Å². The van der Waals surface area contributed by atoms with Gasteiger partial charge >= 0.3 is 0 Å². The number of aryl methyl sites for hydroxylation is 1. The number of phenolic OH excluding ortho intramolecular Hbond substituents is 1. The van der Waals surface area contributed by atoms with Crippen molar-refractivity contribution in [1.29, 1.82) is 0 Å². The Morgan fingerprint density at radius 3 is 2.20 bits per heavy atom. The molecule has 1 aliphatic rings. The Morgan fingerprint density at radius 2 is 1.52 bits per heavy atom. The summed E-state index contributed by atoms with van der Waals surface area (Å²) in [5.74, 6) is 0.129. The largest absolute Gasteiger partial charge is 0.507 e. The molecule has 0 bridgehead atoms. The number of rotatable bonds is 4. The summed E-state index contributed by atoms with van der Waals surface area (Å²) in [4.78, 5) is 37.0. The Hall–Kier alpha value is -5.04. The summed E-state index contributed by atoms with van der Waals surface area (Å²) in [5, 5.41) is 14.1. The third-order valence-corrected chi connectivity index (χ3v) is 6.71. The van der Waals surface area contributed by atoms with Gasteiger partial charge in [-0.2, -0.15) is 0 Å². The van der Waals surface area contributed by atoms with Crippen LogP contribution in [0.5, 0.6) is 11.5 Å². The third kappa shape index (κ3) is 4.35. The van der Waals surface area contributed by atoms with Crippen molar-refractivity contribution in [3.63, 3.8) is 0 Å². The first kappa shape index (κ1) is 25.2. The van der Waals surface area contributed by atoms with E-state index < -0.39 is 5.60 Å². The maximum Gasteiger partial charge on any atom is 0.255 e. The molecular weight excluding hydrogens is 502 g/mol. The Labute approximate surface area is 231 Å². The molecule has 1 aliphatic carbocycles. The monoisotopic (exact) mass is 529 g/mol. The van der Waals surface area contributed by atoms with E-state index >= 15 is 0 Å². The Balaban J connectivity index is 1.67. The van der Waals surface area contributed by atoms with Crippen molar-refractivity contribution in [3.05, 3.63) is 101 Å². The normalized spacial score (nSPS) is 12.2. The summed E-state index contributed by atoms with van der Waals surface area (Å²) in [7, 11) is 0. The maximum atomic E-state index is 14.0. The number of aromatic nitrogens is 2. The predicted molar refractivity (Wildman–Crippen MR) is 155 cm³/mol. The van der Waals surface area contributed by atoms with Crippen LogP contribution in [0.1, 0.15) is 52.6 Å². The van der Waals surface area contributed by atoms with E-state index in [9.17, 15) is 14.7 Å². The lowest BCUT2D eigenvalue weighted by atomic mass is 9.85. The molecule has 0 saturated carbocycles. The fourth-order valence-corrected chi connectivity index (χ4v) is 4.92. The van der Waals surface area contributed by atoms with Crippen LogP contribution >= 0.6 is 0 Å². The number of hydrogen-bond donors (Lipinski definition) is 2. The van der Waals surface area contributed by atoms with Gasteiger partial charge < -0.3 is 15.2 Å². The summed E-state index contributed by atoms with van der Waals surface area (Å²) in [6, 6.07) is 23.0. The average Bonchev–Trinajstić information content (AvgIpc) is 2.92. The lowest BCUT2D eigenvalue weighted by Gasteiger charge is -2.27. The van der Waals surface area contributed by atoms with Crippen LogP contribution in [0, 0.1) is 6.92 Å². The molecule has 1 heterocycles. The standard InChI is InChI=1S/C33H27N3O4/c1-18-13-15-19(16-14-18)32(39)34-23-17-25(40-33(2,3)4)29-27-26(23)30(38)21-10-6-5-9-20(21)28(27)35-31(36-29)22-11-7-8-12-24(22)37/h5-17,37H,1-4H3,(H,34,39). The molecule has 7 nitrogen and oxygen atoms in total. The van der Waals surface area contributed by atoms with Crippen LogP contribution in [0.4, 0.5) is 5.69 Å². The van der Waals surface area contributed by atoms with Crippen molar-refractivity contribution in [2.45, 2.75) is 33.3 Å². The third-order valence-electron chi connectivity index (χ3n) is 6.71. The molecule has 198 valence electrons. The van der Waals surface area contributed by atoms with Gasteiger partial charge in [-0.25, -0.2) is 9.97 Å². The number of anilines is 1. The van der Waals surface area contributed by atoms with Crippen molar-refractivity contribution >= 4 is 28.3 Å². The number of nitrogens with zero attached hydrogens (tertiary/aromatic N) is 2. The van der Waals surface area contributed by atoms with Crippen LogP contribution in [0.15, 0.2) is 78.9 Å². The van der Waals surface area contributed by atoms with Gasteiger partial charge in [-0.05, 0) is 52.0 Å². The molecule has 7 heteroatoms. The molecular formula is C33H27N3O4. The van der Waals surface area contributed by atoms with E-state index in [1.807, 2.05) is 52.0 Å². The number of ether oxygens (including phenoxy) is 1. The zero-order valence-corrected chi connectivity index (χ0v) is 22.6. The number of nitrogens with one attached hydrogen (secondary N) is 1. The molecule has 0 saturated heterocycles. The summed E-state index contributed by atoms with van der Waals surface area (Å²) >= 11 is 0. The second-order valence-corrected chi connectivity index (χ2v) is 10.8. The quantitative estimate of drug-likeness (QED) is 0.256. The van der Waals surface area contributed by atoms with Gasteiger partial charge in [-0.1, -0.05) is 54.1 Å². The van der Waals surface area contributed by atoms with Crippen molar-refractivity contribution in [1.82, 2.24) is 9.97 Å². The number of aromatic hydroxyl groups is 1. The molecule has 0 radical (unpaired) electrons. The van der Waals surface area contributed by atoms with Gasteiger partial charge in [0.25, 0.3) is 5.91 Å². The van der Waals surface area contributed by atoms with Gasteiger partial charge in [-0.15, -0.1) is 0 Å². The number of para-hydroxylation sites is 1. The molecule has 40 heavy (non-hydrogen) atoms. The van der Waals surface area contributed by atoms with E-state index in [4.69, 9.17) is 14.7 Å². The number of benzene rings is 4. The van der Waals surface area contributed by atoms with Crippen LogP contribution in [-0.4, -0.2) is 32.4 Å². The minimum Gasteiger partial charge on any atom is -0.507 e. The molecule has 0 atom stereocenters. The van der Waals surface area contributed by atoms with Crippen molar-refractivity contribution in [3.8, 4) is 34.1 Å². The van der Waals surface area contributed by atoms with E-state index in [0.29, 0.717) is 61.7 Å². The van der Waals surface area contributed by atoms with Gasteiger partial charge in [0.15, 0.2) is 11.6 Å². The fraction of sp³-hybridized carbons (Fsp3) is 0.152. The van der Waals surface area contributed by atoms with Crippen LogP contribution in [0.2, 0.25) is 0 Å². The first-order valence-electron chi connectivity index (χ1n) is 13.0. The molecule has 2 N–H and O–H groups in total. The van der Waals surface area contributed by atoms with Gasteiger partial charge in [-0.3, -0.25) is 9.59 Å². The first-order chi connectivity index (χ1) is 19.1. The lowest BCUT2D eigenvalue weighted by Crippen LogP contribution is -2.24. The minimum absolute atomic E-state index is 0.0368. The van der Waals surface area contributed by atoms with Crippen LogP contribution in [-0.2, 0) is 0 Å².